The van der Waals surface area contributed by atoms with Crippen LogP contribution < -0.4 is 10.0 Å². The highest BCUT2D eigenvalue weighted by Crippen LogP contribution is 2.28. The Bertz CT molecular complexity index is 1580. The Balaban J connectivity index is 1.40. The Kier molecular flexibility index (Phi) is 8.34. The van der Waals surface area contributed by atoms with E-state index in [-0.39, 0.29) is 10.7 Å². The summed E-state index contributed by atoms with van der Waals surface area (Å²) < 4.78 is 36.6. The second kappa shape index (κ2) is 12.1. The van der Waals surface area contributed by atoms with E-state index >= 15 is 0 Å². The molecular weight excluding hydrogens is 528 g/mol. The zero-order valence-electron chi connectivity index (χ0n) is 22.5. The van der Waals surface area contributed by atoms with E-state index in [9.17, 15) is 8.42 Å². The number of morpholine rings is 1. The number of imidazole rings is 1. The van der Waals surface area contributed by atoms with Crippen LogP contribution in [0, 0.1) is 0 Å². The predicted octanol–water partition coefficient (Wildman–Crippen LogP) is 2.98. The fourth-order valence-electron chi connectivity index (χ4n) is 4.94. The van der Waals surface area contributed by atoms with Gasteiger partial charge in [-0.05, 0) is 42.3 Å². The van der Waals surface area contributed by atoms with Crippen LogP contribution in [0.3, 0.4) is 0 Å². The fraction of sp³-hybridized carbons (Fsp3) is 0.310. The van der Waals surface area contributed by atoms with Crippen LogP contribution in [0.25, 0.3) is 11.0 Å². The molecule has 0 saturated carbocycles. The first kappa shape index (κ1) is 27.6. The van der Waals surface area contributed by atoms with Gasteiger partial charge in [-0.1, -0.05) is 47.6 Å². The van der Waals surface area contributed by atoms with Crippen molar-refractivity contribution in [3.8, 4) is 0 Å². The number of rotatable bonds is 10. The van der Waals surface area contributed by atoms with Gasteiger partial charge in [-0.15, -0.1) is 0 Å². The number of amidine groups is 1. The summed E-state index contributed by atoms with van der Waals surface area (Å²) in [5.74, 6) is 0.976. The van der Waals surface area contributed by atoms with Crippen molar-refractivity contribution >= 4 is 32.6 Å². The minimum Gasteiger partial charge on any atom is -0.409 e. The molecule has 0 unspecified atom stereocenters. The van der Waals surface area contributed by atoms with Crippen LogP contribution in [0.1, 0.15) is 17.0 Å². The molecule has 1 fully saturated rings. The largest absolute Gasteiger partial charge is 0.409 e. The Morgan fingerprint density at radius 3 is 2.48 bits per heavy atom. The average molecular weight is 563 g/mol. The summed E-state index contributed by atoms with van der Waals surface area (Å²) in [6.07, 6.45) is 1.46. The number of benzene rings is 3. The molecule has 0 radical (unpaired) electrons. The van der Waals surface area contributed by atoms with Gasteiger partial charge in [0, 0.05) is 45.2 Å². The molecule has 1 aromatic heterocycles. The van der Waals surface area contributed by atoms with Gasteiger partial charge in [0.05, 0.1) is 34.8 Å². The number of nitrogens with two attached hydrogens (primary N) is 1. The Hall–Kier alpha value is -3.93. The quantitative estimate of drug-likeness (QED) is 0.132. The van der Waals surface area contributed by atoms with Crippen LogP contribution in [0.5, 0.6) is 0 Å². The van der Waals surface area contributed by atoms with Crippen LogP contribution in [0.4, 0.5) is 5.69 Å². The number of hydrogen-bond donors (Lipinski definition) is 2. The highest BCUT2D eigenvalue weighted by Gasteiger charge is 2.26. The lowest BCUT2D eigenvalue weighted by Crippen LogP contribution is -2.43. The molecule has 210 valence electrons. The molecule has 0 bridgehead atoms. The maximum absolute atomic E-state index is 13.8. The molecule has 0 atom stereocenters. The lowest BCUT2D eigenvalue weighted by atomic mass is 10.1. The van der Waals surface area contributed by atoms with Gasteiger partial charge in [0.2, 0.25) is 0 Å². The SMILES string of the molecule is Cn1c(CCc2ccc(C(N)=NO)cc2)nc2cc(N(CCN3CCOCC3)S(=O)(=O)c3ccccc3)ccc21. The number of aryl methyl sites for hydroxylation is 3. The van der Waals surface area contributed by atoms with Gasteiger partial charge < -0.3 is 20.2 Å². The van der Waals surface area contributed by atoms with Crippen molar-refractivity contribution < 1.29 is 18.4 Å². The molecule has 0 spiro atoms. The molecule has 3 aromatic carbocycles. The minimum absolute atomic E-state index is 0.0750. The van der Waals surface area contributed by atoms with E-state index < -0.39 is 10.0 Å². The van der Waals surface area contributed by atoms with E-state index in [0.29, 0.717) is 44.0 Å². The molecule has 40 heavy (non-hydrogen) atoms. The summed E-state index contributed by atoms with van der Waals surface area (Å²) in [4.78, 5) is 7.37. The van der Waals surface area contributed by atoms with E-state index in [1.807, 2.05) is 60.1 Å². The molecule has 1 aliphatic rings. The van der Waals surface area contributed by atoms with Crippen molar-refractivity contribution in [2.75, 3.05) is 43.7 Å². The summed E-state index contributed by atoms with van der Waals surface area (Å²) in [5, 5.41) is 11.9. The van der Waals surface area contributed by atoms with E-state index in [4.69, 9.17) is 20.7 Å². The lowest BCUT2D eigenvalue weighted by Gasteiger charge is -2.30. The maximum Gasteiger partial charge on any atom is 0.264 e. The Morgan fingerprint density at radius 2 is 1.77 bits per heavy atom. The van der Waals surface area contributed by atoms with Gasteiger partial charge in [-0.25, -0.2) is 13.4 Å². The fourth-order valence-corrected chi connectivity index (χ4v) is 6.41. The van der Waals surface area contributed by atoms with Crippen molar-refractivity contribution in [2.24, 2.45) is 17.9 Å². The molecule has 10 nitrogen and oxygen atoms in total. The number of oxime groups is 1. The number of hydrogen-bond acceptors (Lipinski definition) is 7. The number of ether oxygens (including phenoxy) is 1. The minimum atomic E-state index is -3.78. The van der Waals surface area contributed by atoms with Crippen molar-refractivity contribution in [1.82, 2.24) is 14.5 Å². The number of aromatic nitrogens is 2. The number of nitrogens with zero attached hydrogens (tertiary/aromatic N) is 5. The Labute approximate surface area is 234 Å². The molecule has 11 heteroatoms. The van der Waals surface area contributed by atoms with E-state index in [1.54, 1.807) is 24.3 Å². The zero-order chi connectivity index (χ0) is 28.1. The first-order valence-corrected chi connectivity index (χ1v) is 14.7. The van der Waals surface area contributed by atoms with Crippen molar-refractivity contribution in [3.63, 3.8) is 0 Å². The van der Waals surface area contributed by atoms with Crippen LogP contribution in [0.15, 0.2) is 82.8 Å². The van der Waals surface area contributed by atoms with Crippen LogP contribution >= 0.6 is 0 Å². The molecule has 5 rings (SSSR count). The monoisotopic (exact) mass is 562 g/mol. The van der Waals surface area contributed by atoms with Crippen LogP contribution in [0.2, 0.25) is 0 Å². The molecule has 1 saturated heterocycles. The zero-order valence-corrected chi connectivity index (χ0v) is 23.3. The normalized spacial score (nSPS) is 15.0. The smallest absolute Gasteiger partial charge is 0.264 e. The third kappa shape index (κ3) is 5.96. The van der Waals surface area contributed by atoms with Crippen molar-refractivity contribution in [2.45, 2.75) is 17.7 Å². The topological polar surface area (TPSA) is 126 Å². The second-order valence-electron chi connectivity index (χ2n) is 9.79. The number of sulfonamides is 1. The third-order valence-electron chi connectivity index (χ3n) is 7.29. The van der Waals surface area contributed by atoms with Crippen molar-refractivity contribution in [3.05, 3.63) is 89.7 Å². The molecule has 0 aliphatic carbocycles. The number of fused-ring (bicyclic) bond motifs is 1. The summed E-state index contributed by atoms with van der Waals surface area (Å²) in [6.45, 7) is 3.81. The standard InChI is InChI=1S/C29H34N6O4S/c1-33-27-13-12-24(21-26(27)31-28(33)14-9-22-7-10-23(11-8-22)29(30)32-36)35(16-15-34-17-19-39-20-18-34)40(37,38)25-5-3-2-4-6-25/h2-8,10-13,21,36H,9,14-20H2,1H3,(H2,30,32). The van der Waals surface area contributed by atoms with Gasteiger partial charge in [0.1, 0.15) is 5.82 Å². The molecule has 1 aliphatic heterocycles. The van der Waals surface area contributed by atoms with Gasteiger partial charge in [-0.3, -0.25) is 9.21 Å². The van der Waals surface area contributed by atoms with Crippen LogP contribution in [-0.4, -0.2) is 73.3 Å². The molecular formula is C29H34N6O4S. The molecule has 4 aromatic rings. The highest BCUT2D eigenvalue weighted by molar-refractivity contribution is 7.92. The molecule has 0 amide bonds. The maximum atomic E-state index is 13.8. The lowest BCUT2D eigenvalue weighted by molar-refractivity contribution is 0.0395. The van der Waals surface area contributed by atoms with Gasteiger partial charge >= 0.3 is 0 Å². The highest BCUT2D eigenvalue weighted by atomic mass is 32.2. The number of anilines is 1. The van der Waals surface area contributed by atoms with E-state index in [1.165, 1.54) is 4.31 Å². The third-order valence-corrected chi connectivity index (χ3v) is 9.14. The Morgan fingerprint density at radius 1 is 1.05 bits per heavy atom. The summed E-state index contributed by atoms with van der Waals surface area (Å²) in [7, 11) is -1.80. The first-order chi connectivity index (χ1) is 19.4. The molecule has 2 heterocycles. The summed E-state index contributed by atoms with van der Waals surface area (Å²) >= 11 is 0. The second-order valence-corrected chi connectivity index (χ2v) is 11.6. The van der Waals surface area contributed by atoms with E-state index in [2.05, 4.69) is 10.1 Å². The van der Waals surface area contributed by atoms with Crippen LogP contribution in [-0.2, 0) is 34.6 Å². The average Bonchev–Trinajstić information content (AvgIpc) is 3.31. The first-order valence-electron chi connectivity index (χ1n) is 13.3. The predicted molar refractivity (Wildman–Crippen MR) is 155 cm³/mol. The van der Waals surface area contributed by atoms with Gasteiger partial charge in [-0.2, -0.15) is 0 Å². The van der Waals surface area contributed by atoms with E-state index in [0.717, 1.165) is 41.9 Å². The molecule has 3 N–H and O–H groups in total. The van der Waals surface area contributed by atoms with Gasteiger partial charge in [0.25, 0.3) is 10.0 Å². The van der Waals surface area contributed by atoms with Gasteiger partial charge in [0.15, 0.2) is 5.84 Å². The van der Waals surface area contributed by atoms with Crippen molar-refractivity contribution in [1.29, 1.82) is 0 Å². The summed E-state index contributed by atoms with van der Waals surface area (Å²) in [5.41, 5.74) is 9.69. The summed E-state index contributed by atoms with van der Waals surface area (Å²) in [6, 6.07) is 21.8.